The SMILES string of the molecule is O=C(c1csc2c(Br)cccc12)C(C(F)(F)F)C(F)(F)F. The molecule has 0 N–H and O–H groups in total. The number of hydrogen-bond acceptors (Lipinski definition) is 2. The summed E-state index contributed by atoms with van der Waals surface area (Å²) in [5.41, 5.74) is -0.573. The lowest BCUT2D eigenvalue weighted by atomic mass is 9.96. The molecule has 0 spiro atoms. The molecule has 2 aromatic rings. The third kappa shape index (κ3) is 3.08. The van der Waals surface area contributed by atoms with E-state index in [0.29, 0.717) is 9.17 Å². The first kappa shape index (κ1) is 16.3. The second kappa shape index (κ2) is 5.28. The molecule has 0 amide bonds. The first-order valence-corrected chi connectivity index (χ1v) is 7.04. The van der Waals surface area contributed by atoms with E-state index in [-0.39, 0.29) is 5.39 Å². The molecule has 1 nitrogen and oxygen atoms in total. The zero-order valence-electron chi connectivity index (χ0n) is 9.85. The molecule has 0 saturated heterocycles. The maximum atomic E-state index is 12.6. The second-order valence-electron chi connectivity index (χ2n) is 4.15. The molecule has 0 atom stereocenters. The van der Waals surface area contributed by atoms with Crippen LogP contribution in [0, 0.1) is 5.92 Å². The van der Waals surface area contributed by atoms with Crippen LogP contribution in [0.5, 0.6) is 0 Å². The number of alkyl halides is 6. The predicted molar refractivity (Wildman–Crippen MR) is 69.5 cm³/mol. The van der Waals surface area contributed by atoms with Crippen LogP contribution in [0.15, 0.2) is 28.1 Å². The standard InChI is InChI=1S/C12H5BrF6OS/c13-7-3-1-2-5-6(4-21-9(5)7)8(20)10(11(14,15)16)12(17,18)19/h1-4,10H. The molecule has 0 radical (unpaired) electrons. The summed E-state index contributed by atoms with van der Waals surface area (Å²) in [6, 6.07) is 4.33. The molecular formula is C12H5BrF6OS. The minimum Gasteiger partial charge on any atom is -0.293 e. The van der Waals surface area contributed by atoms with E-state index in [1.807, 2.05) is 0 Å². The summed E-state index contributed by atoms with van der Waals surface area (Å²) < 4.78 is 76.5. The minimum atomic E-state index is -5.68. The van der Waals surface area contributed by atoms with Gasteiger partial charge in [-0.1, -0.05) is 12.1 Å². The number of benzene rings is 1. The Kier molecular flexibility index (Phi) is 4.09. The Morgan fingerprint density at radius 1 is 1.10 bits per heavy atom. The Hall–Kier alpha value is -1.09. The fourth-order valence-electron chi connectivity index (χ4n) is 1.85. The van der Waals surface area contributed by atoms with Crippen LogP contribution in [-0.4, -0.2) is 18.1 Å². The van der Waals surface area contributed by atoms with Crippen LogP contribution in [-0.2, 0) is 0 Å². The highest BCUT2D eigenvalue weighted by Gasteiger charge is 2.61. The molecule has 114 valence electrons. The molecule has 0 fully saturated rings. The van der Waals surface area contributed by atoms with Crippen molar-refractivity contribution in [3.63, 3.8) is 0 Å². The lowest BCUT2D eigenvalue weighted by molar-refractivity contribution is -0.264. The number of thiophene rings is 1. The van der Waals surface area contributed by atoms with Crippen molar-refractivity contribution in [3.8, 4) is 0 Å². The molecule has 21 heavy (non-hydrogen) atoms. The summed E-state index contributed by atoms with van der Waals surface area (Å²) in [5, 5.41) is 1.08. The van der Waals surface area contributed by atoms with Crippen LogP contribution >= 0.6 is 27.3 Å². The second-order valence-corrected chi connectivity index (χ2v) is 5.88. The van der Waals surface area contributed by atoms with E-state index >= 15 is 0 Å². The summed E-state index contributed by atoms with van der Waals surface area (Å²) in [4.78, 5) is 11.8. The molecular weight excluding hydrogens is 386 g/mol. The van der Waals surface area contributed by atoms with Gasteiger partial charge in [-0.3, -0.25) is 4.79 Å². The summed E-state index contributed by atoms with van der Waals surface area (Å²) in [6.45, 7) is 0. The van der Waals surface area contributed by atoms with Crippen LogP contribution < -0.4 is 0 Å². The molecule has 1 aromatic carbocycles. The van der Waals surface area contributed by atoms with E-state index in [2.05, 4.69) is 15.9 Å². The topological polar surface area (TPSA) is 17.1 Å². The van der Waals surface area contributed by atoms with E-state index in [1.54, 1.807) is 6.07 Å². The molecule has 2 rings (SSSR count). The van der Waals surface area contributed by atoms with E-state index in [0.717, 1.165) is 16.7 Å². The summed E-state index contributed by atoms with van der Waals surface area (Å²) in [5.74, 6) is -6.00. The number of Topliss-reactive ketones (excluding diaryl/α,β-unsaturated/α-hetero) is 1. The third-order valence-corrected chi connectivity index (χ3v) is 4.69. The number of fused-ring (bicyclic) bond motifs is 1. The fraction of sp³-hybridized carbons (Fsp3) is 0.250. The molecule has 0 unspecified atom stereocenters. The molecule has 0 saturated carbocycles. The van der Waals surface area contributed by atoms with E-state index in [1.165, 1.54) is 12.1 Å². The molecule has 0 aliphatic heterocycles. The van der Waals surface area contributed by atoms with Crippen LogP contribution in [0.4, 0.5) is 26.3 Å². The van der Waals surface area contributed by atoms with Gasteiger partial charge in [-0.05, 0) is 22.0 Å². The van der Waals surface area contributed by atoms with Crippen LogP contribution in [0.2, 0.25) is 0 Å². The number of halogens is 7. The van der Waals surface area contributed by atoms with Gasteiger partial charge in [0.2, 0.25) is 5.92 Å². The number of hydrogen-bond donors (Lipinski definition) is 0. The van der Waals surface area contributed by atoms with Gasteiger partial charge in [-0.25, -0.2) is 0 Å². The average Bonchev–Trinajstić information content (AvgIpc) is 2.69. The van der Waals surface area contributed by atoms with Crippen LogP contribution in [0.25, 0.3) is 10.1 Å². The molecule has 0 aliphatic rings. The Bertz CT molecular complexity index is 673. The van der Waals surface area contributed by atoms with Gasteiger partial charge in [0.1, 0.15) is 0 Å². The van der Waals surface area contributed by atoms with Crippen molar-refractivity contribution in [1.29, 1.82) is 0 Å². The molecule has 9 heteroatoms. The number of carbonyl (C=O) groups excluding carboxylic acids is 1. The van der Waals surface area contributed by atoms with Crippen molar-refractivity contribution in [1.82, 2.24) is 0 Å². The van der Waals surface area contributed by atoms with E-state index in [4.69, 9.17) is 0 Å². The fourth-order valence-corrected chi connectivity index (χ4v) is 3.46. The largest absolute Gasteiger partial charge is 0.407 e. The molecule has 0 aliphatic carbocycles. The van der Waals surface area contributed by atoms with Gasteiger partial charge in [-0.15, -0.1) is 11.3 Å². The maximum absolute atomic E-state index is 12.6. The van der Waals surface area contributed by atoms with Gasteiger partial charge in [0.15, 0.2) is 5.78 Å². The Labute approximate surface area is 126 Å². The monoisotopic (exact) mass is 390 g/mol. The van der Waals surface area contributed by atoms with Gasteiger partial charge in [0.05, 0.1) is 0 Å². The number of ketones is 1. The highest BCUT2D eigenvalue weighted by molar-refractivity contribution is 9.10. The van der Waals surface area contributed by atoms with Gasteiger partial charge in [0, 0.05) is 25.5 Å². The lowest BCUT2D eigenvalue weighted by Crippen LogP contribution is -2.42. The maximum Gasteiger partial charge on any atom is 0.407 e. The third-order valence-electron chi connectivity index (χ3n) is 2.73. The smallest absolute Gasteiger partial charge is 0.293 e. The summed E-state index contributed by atoms with van der Waals surface area (Å²) in [7, 11) is 0. The normalized spacial score (nSPS) is 13.1. The van der Waals surface area contributed by atoms with Crippen LogP contribution in [0.3, 0.4) is 0 Å². The predicted octanol–water partition coefficient (Wildman–Crippen LogP) is 5.59. The number of carbonyl (C=O) groups is 1. The first-order chi connectivity index (χ1) is 9.53. The molecule has 1 aromatic heterocycles. The number of rotatable bonds is 2. The van der Waals surface area contributed by atoms with Gasteiger partial charge in [-0.2, -0.15) is 26.3 Å². The molecule has 1 heterocycles. The first-order valence-electron chi connectivity index (χ1n) is 5.37. The van der Waals surface area contributed by atoms with E-state index in [9.17, 15) is 31.1 Å². The highest BCUT2D eigenvalue weighted by atomic mass is 79.9. The van der Waals surface area contributed by atoms with Gasteiger partial charge < -0.3 is 0 Å². The van der Waals surface area contributed by atoms with Crippen molar-refractivity contribution in [2.24, 2.45) is 5.92 Å². The van der Waals surface area contributed by atoms with Crippen LogP contribution in [0.1, 0.15) is 10.4 Å². The van der Waals surface area contributed by atoms with E-state index < -0.39 is 29.6 Å². The Balaban J connectivity index is 2.58. The Morgan fingerprint density at radius 2 is 1.67 bits per heavy atom. The van der Waals surface area contributed by atoms with Crippen molar-refractivity contribution in [2.75, 3.05) is 0 Å². The van der Waals surface area contributed by atoms with Gasteiger partial charge >= 0.3 is 12.4 Å². The molecule has 0 bridgehead atoms. The van der Waals surface area contributed by atoms with Gasteiger partial charge in [0.25, 0.3) is 0 Å². The zero-order chi connectivity index (χ0) is 16.0. The lowest BCUT2D eigenvalue weighted by Gasteiger charge is -2.21. The van der Waals surface area contributed by atoms with Crippen molar-refractivity contribution in [3.05, 3.63) is 33.6 Å². The van der Waals surface area contributed by atoms with Crippen molar-refractivity contribution < 1.29 is 31.1 Å². The quantitative estimate of drug-likeness (QED) is 0.482. The average molecular weight is 391 g/mol. The minimum absolute atomic E-state index is 0.0675. The zero-order valence-corrected chi connectivity index (χ0v) is 12.3. The highest BCUT2D eigenvalue weighted by Crippen LogP contribution is 2.43. The summed E-state index contributed by atoms with van der Waals surface area (Å²) in [6.07, 6.45) is -11.4. The Morgan fingerprint density at radius 3 is 2.19 bits per heavy atom. The summed E-state index contributed by atoms with van der Waals surface area (Å²) >= 11 is 4.04. The van der Waals surface area contributed by atoms with Crippen molar-refractivity contribution >= 4 is 43.1 Å². The van der Waals surface area contributed by atoms with Crippen molar-refractivity contribution in [2.45, 2.75) is 12.4 Å².